The third kappa shape index (κ3) is 4.00. The maximum atomic E-state index is 5.81. The van der Waals surface area contributed by atoms with Gasteiger partial charge in [0, 0.05) is 35.2 Å². The van der Waals surface area contributed by atoms with Crippen LogP contribution in [0.25, 0.3) is 22.0 Å². The Kier molecular flexibility index (Phi) is 5.98. The van der Waals surface area contributed by atoms with Gasteiger partial charge in [-0.3, -0.25) is 0 Å². The number of benzene rings is 2. The molecular weight excluding hydrogens is 456 g/mol. The molecule has 2 aromatic heterocycles. The number of anilines is 1. The molecule has 0 fully saturated rings. The average molecular weight is 488 g/mol. The molecule has 1 N–H and O–H groups in total. The number of hydrogen-bond acceptors (Lipinski definition) is 5. The first-order valence-corrected chi connectivity index (χ1v) is 13.4. The summed E-state index contributed by atoms with van der Waals surface area (Å²) < 4.78 is 19.7. The molecule has 2 aromatic carbocycles. The van der Waals surface area contributed by atoms with Gasteiger partial charge in [0.05, 0.1) is 23.7 Å². The maximum absolute atomic E-state index is 5.81. The van der Waals surface area contributed by atoms with Gasteiger partial charge in [0.2, 0.25) is 12.5 Å². The molecule has 35 heavy (non-hydrogen) atoms. The number of methoxy groups -OCH3 is 1. The van der Waals surface area contributed by atoms with E-state index >= 15 is 0 Å². The van der Waals surface area contributed by atoms with Crippen LogP contribution in [-0.4, -0.2) is 20.4 Å². The van der Waals surface area contributed by atoms with Gasteiger partial charge < -0.3 is 19.5 Å². The third-order valence-corrected chi connectivity index (χ3v) is 7.98. The van der Waals surface area contributed by atoms with Gasteiger partial charge in [-0.2, -0.15) is 4.57 Å². The molecule has 2 aliphatic rings. The summed E-state index contributed by atoms with van der Waals surface area (Å²) in [6.07, 6.45) is 7.76. The van der Waals surface area contributed by atoms with Crippen LogP contribution in [0.1, 0.15) is 42.2 Å². The highest BCUT2D eigenvalue weighted by Gasteiger charge is 2.32. The SMILES string of the molecule is CCCCCNc1c(OC)ccc2c(Cc3cccs3)c3[n+](cc12)CCc1cc2c(cc1-3)OCO2. The number of hydrogen-bond donors (Lipinski definition) is 1. The molecule has 6 heteroatoms. The van der Waals surface area contributed by atoms with E-state index in [9.17, 15) is 0 Å². The fraction of sp³-hybridized carbons (Fsp3) is 0.345. The van der Waals surface area contributed by atoms with E-state index in [1.54, 1.807) is 7.11 Å². The molecule has 0 saturated carbocycles. The topological polar surface area (TPSA) is 43.6 Å². The van der Waals surface area contributed by atoms with E-state index in [2.05, 4.69) is 64.8 Å². The molecule has 2 aliphatic heterocycles. The van der Waals surface area contributed by atoms with Gasteiger partial charge in [0.1, 0.15) is 5.75 Å². The second-order valence-corrected chi connectivity index (χ2v) is 10.3. The second-order valence-electron chi connectivity index (χ2n) is 9.26. The summed E-state index contributed by atoms with van der Waals surface area (Å²) in [5.74, 6) is 2.60. The zero-order valence-electron chi connectivity index (χ0n) is 20.4. The normalized spacial score (nSPS) is 13.5. The van der Waals surface area contributed by atoms with Crippen LogP contribution < -0.4 is 24.1 Å². The summed E-state index contributed by atoms with van der Waals surface area (Å²) in [7, 11) is 1.76. The monoisotopic (exact) mass is 487 g/mol. The molecule has 5 nitrogen and oxygen atoms in total. The first-order chi connectivity index (χ1) is 17.3. The van der Waals surface area contributed by atoms with Crippen LogP contribution in [0.15, 0.2) is 48.0 Å². The molecule has 0 saturated heterocycles. The Morgan fingerprint density at radius 3 is 2.77 bits per heavy atom. The number of nitrogens with zero attached hydrogens (tertiary/aromatic N) is 1. The molecule has 0 atom stereocenters. The molecule has 0 aliphatic carbocycles. The van der Waals surface area contributed by atoms with Crippen LogP contribution in [0, 0.1) is 0 Å². The predicted octanol–water partition coefficient (Wildman–Crippen LogP) is 6.34. The summed E-state index contributed by atoms with van der Waals surface area (Å²) in [5, 5.41) is 8.37. The number of thiophene rings is 1. The third-order valence-electron chi connectivity index (χ3n) is 7.10. The fourth-order valence-corrected chi connectivity index (χ4v) is 6.09. The molecule has 0 amide bonds. The Balaban J connectivity index is 1.57. The number of pyridine rings is 1. The molecule has 0 bridgehead atoms. The van der Waals surface area contributed by atoms with Crippen LogP contribution in [0.3, 0.4) is 0 Å². The van der Waals surface area contributed by atoms with Crippen molar-refractivity contribution >= 4 is 27.8 Å². The Morgan fingerprint density at radius 1 is 1.09 bits per heavy atom. The number of unbranched alkanes of at least 4 members (excludes halogenated alkanes) is 2. The van der Waals surface area contributed by atoms with Gasteiger partial charge in [-0.25, -0.2) is 0 Å². The lowest BCUT2D eigenvalue weighted by Gasteiger charge is -2.21. The van der Waals surface area contributed by atoms with Gasteiger partial charge in [0.25, 0.3) is 0 Å². The molecule has 4 aromatic rings. The highest BCUT2D eigenvalue weighted by Crippen LogP contribution is 2.43. The van der Waals surface area contributed by atoms with Crippen molar-refractivity contribution in [2.45, 2.75) is 45.6 Å². The summed E-state index contributed by atoms with van der Waals surface area (Å²) in [6.45, 7) is 4.41. The lowest BCUT2D eigenvalue weighted by Crippen LogP contribution is -2.41. The number of rotatable bonds is 8. The molecular formula is C29H31N2O3S+. The zero-order valence-corrected chi connectivity index (χ0v) is 21.2. The van der Waals surface area contributed by atoms with Crippen molar-refractivity contribution in [1.82, 2.24) is 0 Å². The number of aryl methyl sites for hydroxylation is 2. The Hall–Kier alpha value is -3.25. The van der Waals surface area contributed by atoms with E-state index in [-0.39, 0.29) is 0 Å². The molecule has 4 heterocycles. The summed E-state index contributed by atoms with van der Waals surface area (Å²) in [5.41, 5.74) is 6.31. The van der Waals surface area contributed by atoms with Crippen LogP contribution in [-0.2, 0) is 19.4 Å². The minimum atomic E-state index is 0.296. The van der Waals surface area contributed by atoms with Crippen molar-refractivity contribution < 1.29 is 18.8 Å². The van der Waals surface area contributed by atoms with E-state index in [1.807, 2.05) is 11.3 Å². The van der Waals surface area contributed by atoms with Crippen molar-refractivity contribution in [3.63, 3.8) is 0 Å². The molecule has 180 valence electrons. The number of fused-ring (bicyclic) bond motifs is 5. The van der Waals surface area contributed by atoms with Crippen LogP contribution in [0.5, 0.6) is 17.2 Å². The van der Waals surface area contributed by atoms with Crippen molar-refractivity contribution in [3.8, 4) is 28.5 Å². The van der Waals surface area contributed by atoms with Gasteiger partial charge in [-0.05, 0) is 47.7 Å². The lowest BCUT2D eigenvalue weighted by atomic mass is 9.89. The quantitative estimate of drug-likeness (QED) is 0.233. The van der Waals surface area contributed by atoms with Crippen LogP contribution >= 0.6 is 11.3 Å². The number of nitrogens with one attached hydrogen (secondary N) is 1. The molecule has 0 unspecified atom stereocenters. The Labute approximate surface area is 210 Å². The molecule has 0 spiro atoms. The van der Waals surface area contributed by atoms with Crippen molar-refractivity contribution in [3.05, 3.63) is 64.0 Å². The predicted molar refractivity (Wildman–Crippen MR) is 141 cm³/mol. The van der Waals surface area contributed by atoms with Crippen LogP contribution in [0.2, 0.25) is 0 Å². The van der Waals surface area contributed by atoms with Gasteiger partial charge in [-0.15, -0.1) is 11.3 Å². The van der Waals surface area contributed by atoms with Crippen molar-refractivity contribution in [2.24, 2.45) is 0 Å². The highest BCUT2D eigenvalue weighted by atomic mass is 32.1. The first kappa shape index (κ1) is 22.2. The van der Waals surface area contributed by atoms with Crippen molar-refractivity contribution in [2.75, 3.05) is 25.8 Å². The summed E-state index contributed by atoms with van der Waals surface area (Å²) >= 11 is 1.82. The average Bonchev–Trinajstić information content (AvgIpc) is 3.56. The number of ether oxygens (including phenoxy) is 3. The van der Waals surface area contributed by atoms with E-state index in [1.165, 1.54) is 50.9 Å². The van der Waals surface area contributed by atoms with E-state index in [4.69, 9.17) is 14.2 Å². The van der Waals surface area contributed by atoms with Gasteiger partial charge >= 0.3 is 0 Å². The molecule has 6 rings (SSSR count). The maximum Gasteiger partial charge on any atom is 0.231 e. The largest absolute Gasteiger partial charge is 0.495 e. The first-order valence-electron chi connectivity index (χ1n) is 12.5. The van der Waals surface area contributed by atoms with Gasteiger partial charge in [0.15, 0.2) is 24.2 Å². The standard InChI is InChI=1S/C29H30N2O3S/c1-3-4-5-11-30-28-24-17-31-12-10-19-14-26-27(34-18-33-26)16-22(19)29(31)23(15-20-7-6-13-35-20)21(24)8-9-25(28)32-2/h6-9,13-14,16-17H,3-5,10-12,15,18H2,1-2H3/p+1. The minimum absolute atomic E-state index is 0.296. The summed E-state index contributed by atoms with van der Waals surface area (Å²) in [4.78, 5) is 1.36. The van der Waals surface area contributed by atoms with E-state index < -0.39 is 0 Å². The highest BCUT2D eigenvalue weighted by molar-refractivity contribution is 7.09. The second kappa shape index (κ2) is 9.42. The zero-order chi connectivity index (χ0) is 23.8. The van der Waals surface area contributed by atoms with E-state index in [0.717, 1.165) is 55.3 Å². The van der Waals surface area contributed by atoms with Crippen LogP contribution in [0.4, 0.5) is 5.69 Å². The fourth-order valence-electron chi connectivity index (χ4n) is 5.37. The minimum Gasteiger partial charge on any atom is -0.495 e. The van der Waals surface area contributed by atoms with Gasteiger partial charge in [-0.1, -0.05) is 25.8 Å². The Bertz CT molecular complexity index is 1380. The van der Waals surface area contributed by atoms with Crippen molar-refractivity contribution in [1.29, 1.82) is 0 Å². The van der Waals surface area contributed by atoms with E-state index in [0.29, 0.717) is 6.79 Å². The lowest BCUT2D eigenvalue weighted by molar-refractivity contribution is -0.686. The molecule has 0 radical (unpaired) electrons. The number of aromatic nitrogens is 1. The summed E-state index contributed by atoms with van der Waals surface area (Å²) in [6, 6.07) is 13.1. The Morgan fingerprint density at radius 2 is 1.97 bits per heavy atom. The smallest absolute Gasteiger partial charge is 0.231 e.